The molecule has 3 aliphatic carbocycles. The lowest BCUT2D eigenvalue weighted by molar-refractivity contribution is -0.130. The van der Waals surface area contributed by atoms with Crippen LogP contribution in [0.1, 0.15) is 46.5 Å². The zero-order valence-electron chi connectivity index (χ0n) is 19.8. The molecule has 4 fully saturated rings. The summed E-state index contributed by atoms with van der Waals surface area (Å²) < 4.78 is 19.0. The van der Waals surface area contributed by atoms with Crippen LogP contribution in [0.15, 0.2) is 18.2 Å². The number of hydrogen-bond donors (Lipinski definition) is 4. The predicted octanol–water partition coefficient (Wildman–Crippen LogP) is 2.00. The van der Waals surface area contributed by atoms with Gasteiger partial charge >= 0.3 is 0 Å². The molecule has 5 rings (SSSR count). The number of rotatable bonds is 8. The van der Waals surface area contributed by atoms with Gasteiger partial charge in [0, 0.05) is 30.7 Å². The van der Waals surface area contributed by atoms with Crippen LogP contribution in [-0.4, -0.2) is 64.8 Å². The molecule has 1 aromatic carbocycles. The summed E-state index contributed by atoms with van der Waals surface area (Å²) in [4.78, 5) is 25.6. The van der Waals surface area contributed by atoms with Crippen molar-refractivity contribution in [2.75, 3.05) is 13.2 Å². The Bertz CT molecular complexity index is 921. The lowest BCUT2D eigenvalue weighted by Gasteiger charge is -2.51. The van der Waals surface area contributed by atoms with Crippen molar-refractivity contribution >= 4 is 23.4 Å². The average molecular weight is 497 g/mol. The summed E-state index contributed by atoms with van der Waals surface area (Å²) in [7, 11) is 0. The number of carbonyl (C=O) groups excluding carboxylic acids is 2. The van der Waals surface area contributed by atoms with E-state index in [-0.39, 0.29) is 53.4 Å². The summed E-state index contributed by atoms with van der Waals surface area (Å²) in [5.74, 6) is 0.138. The highest BCUT2D eigenvalue weighted by atomic mass is 35.5. The average Bonchev–Trinajstić information content (AvgIpc) is 3.06. The maximum Gasteiger partial charge on any atom is 0.258 e. The molecule has 8 nitrogen and oxygen atoms in total. The largest absolute Gasteiger partial charge is 0.484 e. The normalized spacial score (nSPS) is 31.0. The molecule has 0 spiro atoms. The third-order valence-corrected chi connectivity index (χ3v) is 7.30. The molecular weight excluding hydrogens is 463 g/mol. The van der Waals surface area contributed by atoms with Crippen molar-refractivity contribution in [3.05, 3.63) is 29.0 Å². The van der Waals surface area contributed by atoms with Gasteiger partial charge in [0.05, 0.1) is 10.6 Å². The minimum absolute atomic E-state index is 0.00216. The number of fused-ring (bicyclic) bond motifs is 2. The number of aliphatic hydroxyl groups is 1. The quantitative estimate of drug-likeness (QED) is 0.439. The number of halogens is 2. The molecule has 4 atom stereocenters. The molecule has 4 unspecified atom stereocenters. The molecule has 0 aromatic heterocycles. The van der Waals surface area contributed by atoms with Crippen LogP contribution >= 0.6 is 11.6 Å². The fraction of sp³-hybridized carbons (Fsp3) is 0.667. The first-order chi connectivity index (χ1) is 16.0. The minimum atomic E-state index is -0.920. The van der Waals surface area contributed by atoms with E-state index in [2.05, 4.69) is 16.1 Å². The van der Waals surface area contributed by atoms with E-state index in [0.717, 1.165) is 18.9 Å². The molecule has 0 radical (unpaired) electrons. The molecule has 2 amide bonds. The Balaban J connectivity index is 1.29. The van der Waals surface area contributed by atoms with E-state index in [4.69, 9.17) is 16.3 Å². The van der Waals surface area contributed by atoms with Crippen LogP contribution in [0.4, 0.5) is 4.39 Å². The lowest BCUT2D eigenvalue weighted by atomic mass is 9.60. The lowest BCUT2D eigenvalue weighted by Crippen LogP contribution is -2.62. The molecule has 3 saturated carbocycles. The van der Waals surface area contributed by atoms with Crippen LogP contribution in [0, 0.1) is 17.7 Å². The van der Waals surface area contributed by atoms with Crippen LogP contribution in [-0.2, 0) is 9.59 Å². The van der Waals surface area contributed by atoms with Gasteiger partial charge in [0.2, 0.25) is 5.91 Å². The van der Waals surface area contributed by atoms with Crippen LogP contribution in [0.5, 0.6) is 5.75 Å². The number of β-amino-alcohol motifs (C(OH)–C–C–N with tert-alkyl or cyclic N) is 1. The molecule has 1 aliphatic heterocycles. The second-order valence-corrected chi connectivity index (χ2v) is 11.0. The molecule has 2 bridgehead atoms. The number of amides is 2. The van der Waals surface area contributed by atoms with E-state index in [9.17, 15) is 19.1 Å². The number of hydrazine groups is 1. The zero-order chi connectivity index (χ0) is 24.6. The minimum Gasteiger partial charge on any atom is -0.484 e. The summed E-state index contributed by atoms with van der Waals surface area (Å²) in [5, 5.41) is 18.3. The van der Waals surface area contributed by atoms with E-state index in [1.54, 1.807) is 13.8 Å². The number of ether oxygens (including phenoxy) is 1. The highest BCUT2D eigenvalue weighted by molar-refractivity contribution is 6.30. The van der Waals surface area contributed by atoms with E-state index >= 15 is 0 Å². The summed E-state index contributed by atoms with van der Waals surface area (Å²) in [6, 6.07) is 3.81. The molecule has 4 N–H and O–H groups in total. The second kappa shape index (κ2) is 9.97. The molecule has 34 heavy (non-hydrogen) atoms. The van der Waals surface area contributed by atoms with Gasteiger partial charge in [0.15, 0.2) is 6.61 Å². The van der Waals surface area contributed by atoms with Crippen LogP contribution in [0.3, 0.4) is 0 Å². The predicted molar refractivity (Wildman–Crippen MR) is 126 cm³/mol. The van der Waals surface area contributed by atoms with Crippen molar-refractivity contribution in [1.82, 2.24) is 21.1 Å². The van der Waals surface area contributed by atoms with Gasteiger partial charge < -0.3 is 20.5 Å². The van der Waals surface area contributed by atoms with Gasteiger partial charge in [-0.15, -0.1) is 0 Å². The van der Waals surface area contributed by atoms with E-state index in [1.807, 2.05) is 11.9 Å². The van der Waals surface area contributed by atoms with Gasteiger partial charge in [-0.1, -0.05) is 11.6 Å². The van der Waals surface area contributed by atoms with E-state index in [1.165, 1.54) is 12.1 Å². The Kier molecular flexibility index (Phi) is 7.38. The van der Waals surface area contributed by atoms with Gasteiger partial charge in [0.25, 0.3) is 5.91 Å². The fourth-order valence-corrected chi connectivity index (χ4v) is 5.45. The number of hydrogen-bond acceptors (Lipinski definition) is 6. The van der Waals surface area contributed by atoms with Crippen molar-refractivity contribution in [2.45, 2.75) is 76.2 Å². The molecule has 4 aliphatic rings. The van der Waals surface area contributed by atoms with Crippen LogP contribution in [0.25, 0.3) is 0 Å². The highest BCUT2D eigenvalue weighted by Gasteiger charge is 2.48. The van der Waals surface area contributed by atoms with Crippen molar-refractivity contribution in [2.24, 2.45) is 11.8 Å². The van der Waals surface area contributed by atoms with Crippen molar-refractivity contribution in [1.29, 1.82) is 0 Å². The first-order valence-corrected chi connectivity index (χ1v) is 12.3. The first-order valence-electron chi connectivity index (χ1n) is 11.9. The van der Waals surface area contributed by atoms with Gasteiger partial charge in [0.1, 0.15) is 17.6 Å². The standard InChI is InChI=1S/C24H34ClFN4O4/c1-13-6-21(30(29-13)12-24(2,3)33)23(32)28-20-10-19(14-7-15(20)8-14)27-22(31)11-34-16-4-5-17(25)18(26)9-16/h4-5,9,13-15,19-21,29,33H,6-8,10-12H2,1-3H3,(H,27,31)(H,28,32). The summed E-state index contributed by atoms with van der Waals surface area (Å²) in [6.45, 7) is 5.60. The fourth-order valence-electron chi connectivity index (χ4n) is 5.33. The number of nitrogens with one attached hydrogen (secondary N) is 3. The molecule has 1 aromatic rings. The van der Waals surface area contributed by atoms with Gasteiger partial charge in [-0.2, -0.15) is 0 Å². The molecule has 10 heteroatoms. The summed E-state index contributed by atoms with van der Waals surface area (Å²) in [6.07, 6.45) is 3.27. The molecule has 1 saturated heterocycles. The maximum absolute atomic E-state index is 13.6. The van der Waals surface area contributed by atoms with E-state index < -0.39 is 11.4 Å². The SMILES string of the molecule is CC1CC(C(=O)NC2CC(NC(=O)COc3ccc(Cl)c(F)c3)C3CC2C3)N(CC(C)(C)O)N1. The first kappa shape index (κ1) is 25.2. The Morgan fingerprint density at radius 1 is 1.21 bits per heavy atom. The molecular formula is C24H34ClFN4O4. The molecule has 188 valence electrons. The Hall–Kier alpha value is -1.94. The third kappa shape index (κ3) is 6.00. The van der Waals surface area contributed by atoms with Crippen LogP contribution < -0.4 is 20.8 Å². The smallest absolute Gasteiger partial charge is 0.258 e. The van der Waals surface area contributed by atoms with Crippen molar-refractivity contribution in [3.8, 4) is 5.75 Å². The summed E-state index contributed by atoms with van der Waals surface area (Å²) in [5.41, 5.74) is 2.36. The van der Waals surface area contributed by atoms with Crippen molar-refractivity contribution in [3.63, 3.8) is 0 Å². The van der Waals surface area contributed by atoms with Crippen molar-refractivity contribution < 1.29 is 23.8 Å². The van der Waals surface area contributed by atoms with Gasteiger partial charge in [-0.25, -0.2) is 9.40 Å². The highest BCUT2D eigenvalue weighted by Crippen LogP contribution is 2.46. The molecule has 1 heterocycles. The Morgan fingerprint density at radius 2 is 1.88 bits per heavy atom. The topological polar surface area (TPSA) is 103 Å². The summed E-state index contributed by atoms with van der Waals surface area (Å²) >= 11 is 5.67. The van der Waals surface area contributed by atoms with Gasteiger partial charge in [-0.05, 0) is 70.4 Å². The van der Waals surface area contributed by atoms with E-state index in [0.29, 0.717) is 31.2 Å². The number of carbonyl (C=O) groups is 2. The number of benzene rings is 1. The zero-order valence-corrected chi connectivity index (χ0v) is 20.6. The Labute approximate surface area is 204 Å². The third-order valence-electron chi connectivity index (χ3n) is 6.99. The maximum atomic E-state index is 13.6. The van der Waals surface area contributed by atoms with Crippen LogP contribution in [0.2, 0.25) is 5.02 Å². The Morgan fingerprint density at radius 3 is 2.53 bits per heavy atom. The second-order valence-electron chi connectivity index (χ2n) is 10.6. The van der Waals surface area contributed by atoms with Gasteiger partial charge in [-0.3, -0.25) is 15.0 Å². The number of nitrogens with zero attached hydrogens (tertiary/aromatic N) is 1. The monoisotopic (exact) mass is 496 g/mol.